The van der Waals surface area contributed by atoms with E-state index >= 15 is 0 Å². The lowest BCUT2D eigenvalue weighted by atomic mass is 10.2. The fourth-order valence-electron chi connectivity index (χ4n) is 0.961. The van der Waals surface area contributed by atoms with Gasteiger partial charge in [0.15, 0.2) is 6.10 Å². The van der Waals surface area contributed by atoms with Gasteiger partial charge in [0.05, 0.1) is 0 Å². The molecule has 0 heterocycles. The van der Waals surface area contributed by atoms with Crippen LogP contribution in [0.2, 0.25) is 0 Å². The van der Waals surface area contributed by atoms with Crippen LogP contribution in [0.5, 0.6) is 0 Å². The predicted octanol–water partition coefficient (Wildman–Crippen LogP) is 0.416. The monoisotopic (exact) mass is 243 g/mol. The van der Waals surface area contributed by atoms with E-state index in [-0.39, 0.29) is 5.84 Å². The first-order valence-corrected chi connectivity index (χ1v) is 4.80. The molecule has 96 valence electrons. The molecule has 0 aromatic rings. The van der Waals surface area contributed by atoms with Crippen LogP contribution < -0.4 is 11.1 Å². The molecule has 0 saturated heterocycles. The zero-order valence-corrected chi connectivity index (χ0v) is 8.67. The Hall–Kier alpha value is -1.02. The summed E-state index contributed by atoms with van der Waals surface area (Å²) < 4.78 is 35.5. The van der Waals surface area contributed by atoms with Gasteiger partial charge in [-0.3, -0.25) is 0 Å². The highest BCUT2D eigenvalue weighted by atomic mass is 19.4. The Kier molecular flexibility index (Phi) is 6.82. The molecule has 0 aromatic carbocycles. The Morgan fingerprint density at radius 1 is 1.38 bits per heavy atom. The first-order valence-electron chi connectivity index (χ1n) is 4.80. The first-order chi connectivity index (χ1) is 7.38. The third-order valence-electron chi connectivity index (χ3n) is 1.88. The minimum absolute atomic E-state index is 0.0929. The van der Waals surface area contributed by atoms with E-state index in [1.807, 2.05) is 0 Å². The maximum absolute atomic E-state index is 11.8. The van der Waals surface area contributed by atoms with Gasteiger partial charge < -0.3 is 21.4 Å². The minimum atomic E-state index is -4.58. The Morgan fingerprint density at radius 2 is 2.00 bits per heavy atom. The van der Waals surface area contributed by atoms with Crippen LogP contribution in [-0.2, 0) is 0 Å². The SMILES string of the molecule is NC(CCCCNCC(O)C(F)(F)F)=NO. The van der Waals surface area contributed by atoms with E-state index in [1.165, 1.54) is 0 Å². The second-order valence-corrected chi connectivity index (χ2v) is 3.31. The highest BCUT2D eigenvalue weighted by Crippen LogP contribution is 2.19. The summed E-state index contributed by atoms with van der Waals surface area (Å²) in [5, 5.41) is 22.0. The molecule has 1 atom stereocenters. The summed E-state index contributed by atoms with van der Waals surface area (Å²) in [6.07, 6.45) is -5.34. The van der Waals surface area contributed by atoms with Gasteiger partial charge in [-0.25, -0.2) is 0 Å². The number of hydrogen-bond donors (Lipinski definition) is 4. The van der Waals surface area contributed by atoms with Crippen molar-refractivity contribution in [3.8, 4) is 0 Å². The maximum atomic E-state index is 11.8. The number of nitrogens with one attached hydrogen (secondary N) is 1. The summed E-state index contributed by atoms with van der Waals surface area (Å²) in [6.45, 7) is -0.182. The summed E-state index contributed by atoms with van der Waals surface area (Å²) in [5.74, 6) is 0.0929. The van der Waals surface area contributed by atoms with Gasteiger partial charge in [0.2, 0.25) is 0 Å². The van der Waals surface area contributed by atoms with Gasteiger partial charge in [0.25, 0.3) is 0 Å². The number of rotatable bonds is 7. The molecule has 0 aliphatic rings. The van der Waals surface area contributed by atoms with Crippen molar-refractivity contribution in [1.29, 1.82) is 0 Å². The van der Waals surface area contributed by atoms with E-state index in [9.17, 15) is 13.2 Å². The molecule has 0 aliphatic carbocycles. The number of oxime groups is 1. The van der Waals surface area contributed by atoms with Crippen molar-refractivity contribution in [2.24, 2.45) is 10.9 Å². The zero-order valence-electron chi connectivity index (χ0n) is 8.67. The van der Waals surface area contributed by atoms with Crippen LogP contribution in [0.25, 0.3) is 0 Å². The minimum Gasteiger partial charge on any atom is -0.409 e. The number of amidine groups is 1. The number of alkyl halides is 3. The van der Waals surface area contributed by atoms with Gasteiger partial charge in [-0.1, -0.05) is 5.16 Å². The van der Waals surface area contributed by atoms with Crippen molar-refractivity contribution in [3.63, 3.8) is 0 Å². The molecular formula is C8H16F3N3O2. The highest BCUT2D eigenvalue weighted by Gasteiger charge is 2.37. The summed E-state index contributed by atoms with van der Waals surface area (Å²) >= 11 is 0. The molecule has 0 saturated carbocycles. The van der Waals surface area contributed by atoms with Crippen LogP contribution in [0.3, 0.4) is 0 Å². The molecule has 0 bridgehead atoms. The summed E-state index contributed by atoms with van der Waals surface area (Å²) in [7, 11) is 0. The van der Waals surface area contributed by atoms with Crippen molar-refractivity contribution < 1.29 is 23.5 Å². The average Bonchev–Trinajstić information content (AvgIpc) is 2.20. The van der Waals surface area contributed by atoms with Crippen LogP contribution in [-0.4, -0.2) is 41.5 Å². The molecule has 5 N–H and O–H groups in total. The molecule has 5 nitrogen and oxygen atoms in total. The molecule has 0 fully saturated rings. The lowest BCUT2D eigenvalue weighted by molar-refractivity contribution is -0.201. The molecule has 0 aliphatic heterocycles. The standard InChI is InChI=1S/C8H16F3N3O2/c9-8(10,11)6(15)5-13-4-2-1-3-7(12)14-16/h6,13,15-16H,1-5H2,(H2,12,14). The zero-order chi connectivity index (χ0) is 12.6. The predicted molar refractivity (Wildman–Crippen MR) is 52.2 cm³/mol. The molecule has 0 radical (unpaired) electrons. The van der Waals surface area contributed by atoms with E-state index in [2.05, 4.69) is 10.5 Å². The topological polar surface area (TPSA) is 90.9 Å². The number of nitrogens with two attached hydrogens (primary N) is 1. The highest BCUT2D eigenvalue weighted by molar-refractivity contribution is 5.79. The van der Waals surface area contributed by atoms with Crippen LogP contribution >= 0.6 is 0 Å². The second-order valence-electron chi connectivity index (χ2n) is 3.31. The molecule has 1 unspecified atom stereocenters. The van der Waals surface area contributed by atoms with Crippen molar-refractivity contribution in [2.75, 3.05) is 13.1 Å². The van der Waals surface area contributed by atoms with Gasteiger partial charge in [-0.15, -0.1) is 0 Å². The van der Waals surface area contributed by atoms with Gasteiger partial charge in [0.1, 0.15) is 5.84 Å². The Labute approximate surface area is 91.1 Å². The van der Waals surface area contributed by atoms with Crippen molar-refractivity contribution in [2.45, 2.75) is 31.5 Å². The third-order valence-corrected chi connectivity index (χ3v) is 1.88. The Bertz CT molecular complexity index is 221. The van der Waals surface area contributed by atoms with Crippen molar-refractivity contribution in [1.82, 2.24) is 5.32 Å². The Balaban J connectivity index is 3.41. The number of unbranched alkanes of at least 4 members (excludes halogenated alkanes) is 1. The van der Waals surface area contributed by atoms with Crippen LogP contribution in [0.1, 0.15) is 19.3 Å². The van der Waals surface area contributed by atoms with Crippen molar-refractivity contribution >= 4 is 5.84 Å². The number of aliphatic hydroxyl groups excluding tert-OH is 1. The largest absolute Gasteiger partial charge is 0.415 e. The normalized spacial score (nSPS) is 15.1. The van der Waals surface area contributed by atoms with Gasteiger partial charge >= 0.3 is 6.18 Å². The molecule has 0 aromatic heterocycles. The number of aliphatic hydroxyl groups is 1. The van der Waals surface area contributed by atoms with E-state index in [0.29, 0.717) is 25.8 Å². The third kappa shape index (κ3) is 7.30. The Morgan fingerprint density at radius 3 is 2.50 bits per heavy atom. The lowest BCUT2D eigenvalue weighted by Gasteiger charge is -2.14. The summed E-state index contributed by atoms with van der Waals surface area (Å²) in [4.78, 5) is 0. The molecular weight excluding hydrogens is 227 g/mol. The fourth-order valence-corrected chi connectivity index (χ4v) is 0.961. The van der Waals surface area contributed by atoms with Gasteiger partial charge in [-0.2, -0.15) is 13.2 Å². The van der Waals surface area contributed by atoms with E-state index < -0.39 is 18.8 Å². The first kappa shape index (κ1) is 15.0. The smallest absolute Gasteiger partial charge is 0.409 e. The van der Waals surface area contributed by atoms with Crippen LogP contribution in [0, 0.1) is 0 Å². The summed E-state index contributed by atoms with van der Waals surface area (Å²) in [5.41, 5.74) is 5.18. The van der Waals surface area contributed by atoms with E-state index in [0.717, 1.165) is 0 Å². The van der Waals surface area contributed by atoms with Crippen molar-refractivity contribution in [3.05, 3.63) is 0 Å². The van der Waals surface area contributed by atoms with Crippen LogP contribution in [0.15, 0.2) is 5.16 Å². The molecule has 0 amide bonds. The van der Waals surface area contributed by atoms with E-state index in [1.54, 1.807) is 0 Å². The molecule has 8 heteroatoms. The molecule has 0 rings (SSSR count). The maximum Gasteiger partial charge on any atom is 0.415 e. The van der Waals surface area contributed by atoms with Gasteiger partial charge in [-0.05, 0) is 19.4 Å². The molecule has 16 heavy (non-hydrogen) atoms. The summed E-state index contributed by atoms with van der Waals surface area (Å²) in [6, 6.07) is 0. The quantitative estimate of drug-likeness (QED) is 0.171. The number of hydrogen-bond acceptors (Lipinski definition) is 4. The van der Waals surface area contributed by atoms with Gasteiger partial charge in [0, 0.05) is 13.0 Å². The average molecular weight is 243 g/mol. The molecule has 0 spiro atoms. The lowest BCUT2D eigenvalue weighted by Crippen LogP contribution is -2.38. The fraction of sp³-hybridized carbons (Fsp3) is 0.875. The second kappa shape index (κ2) is 7.29. The van der Waals surface area contributed by atoms with E-state index in [4.69, 9.17) is 16.0 Å². The van der Waals surface area contributed by atoms with Crippen LogP contribution in [0.4, 0.5) is 13.2 Å². The number of halogens is 3. The number of nitrogens with zero attached hydrogens (tertiary/aromatic N) is 1.